The van der Waals surface area contributed by atoms with E-state index in [1.807, 2.05) is 39.8 Å². The van der Waals surface area contributed by atoms with E-state index in [9.17, 15) is 9.18 Å². The predicted molar refractivity (Wildman–Crippen MR) is 116 cm³/mol. The fourth-order valence-corrected chi connectivity index (χ4v) is 3.41. The molecule has 0 atom stereocenters. The highest BCUT2D eigenvalue weighted by Crippen LogP contribution is 2.19. The first-order chi connectivity index (χ1) is 13.8. The molecular weight excluding hydrogens is 369 g/mol. The summed E-state index contributed by atoms with van der Waals surface area (Å²) in [5, 5.41) is 9.47. The molecule has 0 aliphatic carbocycles. The summed E-state index contributed by atoms with van der Waals surface area (Å²) in [5.41, 5.74) is 0.508. The van der Waals surface area contributed by atoms with Crippen LogP contribution in [0.4, 0.5) is 4.39 Å². The maximum absolute atomic E-state index is 13.8. The molecule has 3 N–H and O–H groups in total. The Labute approximate surface area is 174 Å². The number of halogens is 1. The van der Waals surface area contributed by atoms with E-state index in [-0.39, 0.29) is 23.8 Å². The molecule has 0 unspecified atom stereocenters. The predicted octanol–water partition coefficient (Wildman–Crippen LogP) is 2.51. The van der Waals surface area contributed by atoms with Crippen molar-refractivity contribution in [3.63, 3.8) is 0 Å². The number of benzene rings is 1. The van der Waals surface area contributed by atoms with Gasteiger partial charge in [-0.1, -0.05) is 18.2 Å². The molecular formula is C22H36FN5O. The van der Waals surface area contributed by atoms with Crippen molar-refractivity contribution < 1.29 is 9.18 Å². The van der Waals surface area contributed by atoms with E-state index in [0.29, 0.717) is 18.4 Å². The minimum absolute atomic E-state index is 0.0869. The van der Waals surface area contributed by atoms with E-state index >= 15 is 0 Å². The van der Waals surface area contributed by atoms with Gasteiger partial charge in [-0.05, 0) is 65.6 Å². The molecule has 1 aliphatic rings. The maximum Gasteiger partial charge on any atom is 0.242 e. The standard InChI is InChI=1S/C22H36FN5O/c1-5-24-21(26-15-20(29)27-22(2,3)4)25-14-17-10-12-28(13-11-17)16-18-8-6-7-9-19(18)23/h6-9,17H,5,10-16H2,1-4H3,(H,27,29)(H2,24,25,26). The second-order valence-corrected chi connectivity index (χ2v) is 8.69. The lowest BCUT2D eigenvalue weighted by Crippen LogP contribution is -2.44. The lowest BCUT2D eigenvalue weighted by Gasteiger charge is -2.32. The van der Waals surface area contributed by atoms with E-state index in [4.69, 9.17) is 0 Å². The summed E-state index contributed by atoms with van der Waals surface area (Å²) < 4.78 is 13.8. The number of carbonyl (C=O) groups is 1. The van der Waals surface area contributed by atoms with Gasteiger partial charge in [-0.15, -0.1) is 0 Å². The number of guanidine groups is 1. The molecule has 1 aliphatic heterocycles. The molecule has 0 saturated carbocycles. The Morgan fingerprint density at radius 3 is 2.52 bits per heavy atom. The van der Waals surface area contributed by atoms with Gasteiger partial charge < -0.3 is 16.0 Å². The summed E-state index contributed by atoms with van der Waals surface area (Å²) in [6.45, 7) is 12.1. The van der Waals surface area contributed by atoms with Crippen molar-refractivity contribution in [2.24, 2.45) is 10.9 Å². The summed E-state index contributed by atoms with van der Waals surface area (Å²) in [6, 6.07) is 7.00. The van der Waals surface area contributed by atoms with Crippen molar-refractivity contribution in [2.45, 2.75) is 52.6 Å². The lowest BCUT2D eigenvalue weighted by atomic mass is 9.96. The number of nitrogens with one attached hydrogen (secondary N) is 3. The first kappa shape index (κ1) is 23.1. The van der Waals surface area contributed by atoms with Crippen LogP contribution in [0.25, 0.3) is 0 Å². The van der Waals surface area contributed by atoms with Crippen molar-refractivity contribution in [1.82, 2.24) is 20.9 Å². The largest absolute Gasteiger partial charge is 0.357 e. The Bertz CT molecular complexity index is 678. The number of carbonyl (C=O) groups excluding carboxylic acids is 1. The number of hydrogen-bond acceptors (Lipinski definition) is 3. The van der Waals surface area contributed by atoms with Crippen LogP contribution in [0, 0.1) is 11.7 Å². The van der Waals surface area contributed by atoms with Crippen LogP contribution >= 0.6 is 0 Å². The first-order valence-corrected chi connectivity index (χ1v) is 10.6. The Morgan fingerprint density at radius 1 is 1.21 bits per heavy atom. The van der Waals surface area contributed by atoms with Gasteiger partial charge in [0.15, 0.2) is 5.96 Å². The van der Waals surface area contributed by atoms with E-state index in [1.165, 1.54) is 6.07 Å². The van der Waals surface area contributed by atoms with Gasteiger partial charge in [0.2, 0.25) is 5.91 Å². The van der Waals surface area contributed by atoms with Crippen molar-refractivity contribution in [2.75, 3.05) is 32.7 Å². The topological polar surface area (TPSA) is 68.8 Å². The Morgan fingerprint density at radius 2 is 1.90 bits per heavy atom. The minimum Gasteiger partial charge on any atom is -0.357 e. The molecule has 1 aromatic rings. The van der Waals surface area contributed by atoms with E-state index in [2.05, 4.69) is 25.8 Å². The second kappa shape index (κ2) is 11.1. The van der Waals surface area contributed by atoms with Crippen molar-refractivity contribution in [3.05, 3.63) is 35.6 Å². The van der Waals surface area contributed by atoms with E-state index in [0.717, 1.165) is 44.6 Å². The van der Waals surface area contributed by atoms with Crippen LogP contribution in [0.1, 0.15) is 46.1 Å². The van der Waals surface area contributed by atoms with Crippen LogP contribution in [0.2, 0.25) is 0 Å². The maximum atomic E-state index is 13.8. The number of aliphatic imine (C=N–C) groups is 1. The second-order valence-electron chi connectivity index (χ2n) is 8.69. The molecule has 0 radical (unpaired) electrons. The molecule has 1 fully saturated rings. The van der Waals surface area contributed by atoms with Gasteiger partial charge in [-0.2, -0.15) is 0 Å². The Kier molecular flexibility index (Phi) is 8.89. The number of amides is 1. The van der Waals surface area contributed by atoms with E-state index in [1.54, 1.807) is 6.07 Å². The van der Waals surface area contributed by atoms with E-state index < -0.39 is 0 Å². The summed E-state index contributed by atoms with van der Waals surface area (Å²) in [7, 11) is 0. The van der Waals surface area contributed by atoms with Crippen LogP contribution in [0.3, 0.4) is 0 Å². The van der Waals surface area contributed by atoms with Crippen LogP contribution in [0.15, 0.2) is 29.3 Å². The highest BCUT2D eigenvalue weighted by atomic mass is 19.1. The fraction of sp³-hybridized carbons (Fsp3) is 0.636. The SMILES string of the molecule is CCNC(=NCC(=O)NC(C)(C)C)NCC1CCN(Cc2ccccc2F)CC1. The molecule has 0 aromatic heterocycles. The zero-order valence-corrected chi connectivity index (χ0v) is 18.2. The van der Waals surface area contributed by atoms with Gasteiger partial charge in [-0.25, -0.2) is 9.38 Å². The average molecular weight is 406 g/mol. The number of hydrogen-bond donors (Lipinski definition) is 3. The normalized spacial score (nSPS) is 16.5. The molecule has 2 rings (SSSR count). The molecule has 29 heavy (non-hydrogen) atoms. The molecule has 1 saturated heterocycles. The number of nitrogens with zero attached hydrogens (tertiary/aromatic N) is 2. The zero-order valence-electron chi connectivity index (χ0n) is 18.2. The van der Waals surface area contributed by atoms with Gasteiger partial charge in [0.25, 0.3) is 0 Å². The van der Waals surface area contributed by atoms with Gasteiger partial charge in [0.1, 0.15) is 12.4 Å². The smallest absolute Gasteiger partial charge is 0.242 e. The van der Waals surface area contributed by atoms with Gasteiger partial charge in [0, 0.05) is 30.7 Å². The molecule has 1 aromatic carbocycles. The number of likely N-dealkylation sites (tertiary alicyclic amines) is 1. The van der Waals surface area contributed by atoms with Crippen molar-refractivity contribution in [3.8, 4) is 0 Å². The van der Waals surface area contributed by atoms with Gasteiger partial charge >= 0.3 is 0 Å². The molecule has 0 bridgehead atoms. The number of rotatable bonds is 7. The molecule has 162 valence electrons. The highest BCUT2D eigenvalue weighted by Gasteiger charge is 2.20. The van der Waals surface area contributed by atoms with Crippen LogP contribution in [-0.2, 0) is 11.3 Å². The third kappa shape index (κ3) is 8.81. The molecule has 7 heteroatoms. The molecule has 6 nitrogen and oxygen atoms in total. The van der Waals surface area contributed by atoms with Crippen LogP contribution in [0.5, 0.6) is 0 Å². The lowest BCUT2D eigenvalue weighted by molar-refractivity contribution is -0.121. The summed E-state index contributed by atoms with van der Waals surface area (Å²) in [5.74, 6) is 0.999. The van der Waals surface area contributed by atoms with Crippen LogP contribution < -0.4 is 16.0 Å². The Balaban J connectivity index is 1.75. The third-order valence-corrected chi connectivity index (χ3v) is 4.86. The fourth-order valence-electron chi connectivity index (χ4n) is 3.41. The highest BCUT2D eigenvalue weighted by molar-refractivity contribution is 5.85. The average Bonchev–Trinajstić information content (AvgIpc) is 2.65. The third-order valence-electron chi connectivity index (χ3n) is 4.86. The summed E-state index contributed by atoms with van der Waals surface area (Å²) in [6.07, 6.45) is 2.12. The zero-order chi connectivity index (χ0) is 21.3. The van der Waals surface area contributed by atoms with Crippen molar-refractivity contribution in [1.29, 1.82) is 0 Å². The van der Waals surface area contributed by atoms with Gasteiger partial charge in [-0.3, -0.25) is 9.69 Å². The Hall–Kier alpha value is -2.15. The molecule has 1 heterocycles. The molecule has 0 spiro atoms. The minimum atomic E-state index is -0.255. The summed E-state index contributed by atoms with van der Waals surface area (Å²) in [4.78, 5) is 18.7. The van der Waals surface area contributed by atoms with Gasteiger partial charge in [0.05, 0.1) is 0 Å². The molecule has 1 amide bonds. The number of piperidine rings is 1. The quantitative estimate of drug-likeness (QED) is 0.482. The van der Waals surface area contributed by atoms with Crippen molar-refractivity contribution >= 4 is 11.9 Å². The summed E-state index contributed by atoms with van der Waals surface area (Å²) >= 11 is 0. The van der Waals surface area contributed by atoms with Crippen LogP contribution in [-0.4, -0.2) is 55.0 Å². The first-order valence-electron chi connectivity index (χ1n) is 10.6. The monoisotopic (exact) mass is 405 g/mol.